The molecule has 0 heterocycles. The molecule has 0 bridgehead atoms. The molecular weight excluding hydrogens is 626 g/mol. The Morgan fingerprint density at radius 2 is 1.60 bits per heavy atom. The first-order valence-corrected chi connectivity index (χ1v) is 15.9. The fraction of sp³-hybridized carbons (Fsp3) is 0.333. The zero-order valence-corrected chi connectivity index (χ0v) is 26.1. The van der Waals surface area contributed by atoms with Crippen molar-refractivity contribution >= 4 is 50.7 Å². The second-order valence-corrected chi connectivity index (χ2v) is 12.8. The predicted octanol–water partition coefficient (Wildman–Crippen LogP) is 6.33. The Kier molecular flexibility index (Phi) is 11.5. The molecule has 0 aliphatic rings. The van der Waals surface area contributed by atoms with Gasteiger partial charge < -0.3 is 10.2 Å². The van der Waals surface area contributed by atoms with Crippen molar-refractivity contribution in [3.8, 4) is 0 Å². The van der Waals surface area contributed by atoms with Crippen LogP contribution >= 0.6 is 23.2 Å². The second kappa shape index (κ2) is 14.5. The number of hydrogen-bond donors (Lipinski definition) is 1. The third kappa shape index (κ3) is 9.61. The van der Waals surface area contributed by atoms with Gasteiger partial charge in [0.15, 0.2) is 0 Å². The highest BCUT2D eigenvalue weighted by molar-refractivity contribution is 7.92. The molecule has 232 valence electrons. The molecular formula is C30H32Cl2F3N3O4S. The lowest BCUT2D eigenvalue weighted by Gasteiger charge is -2.34. The minimum absolute atomic E-state index is 0.0819. The maximum absolute atomic E-state index is 14.1. The summed E-state index contributed by atoms with van der Waals surface area (Å²) in [6.45, 7) is 2.67. The van der Waals surface area contributed by atoms with Crippen molar-refractivity contribution in [3.05, 3.63) is 99.5 Å². The number of nitrogens with zero attached hydrogens (tertiary/aromatic N) is 2. The van der Waals surface area contributed by atoms with Gasteiger partial charge in [-0.05, 0) is 54.8 Å². The maximum Gasteiger partial charge on any atom is 0.416 e. The molecule has 13 heteroatoms. The summed E-state index contributed by atoms with van der Waals surface area (Å²) < 4.78 is 66.6. The van der Waals surface area contributed by atoms with Gasteiger partial charge in [-0.15, -0.1) is 0 Å². The first-order valence-electron chi connectivity index (χ1n) is 13.3. The summed E-state index contributed by atoms with van der Waals surface area (Å²) in [6.07, 6.45) is -3.25. The number of benzene rings is 3. The summed E-state index contributed by atoms with van der Waals surface area (Å²) >= 11 is 12.3. The minimum Gasteiger partial charge on any atom is -0.352 e. The first kappa shape index (κ1) is 34.2. The molecule has 2 atom stereocenters. The Bertz CT molecular complexity index is 1540. The zero-order chi connectivity index (χ0) is 31.9. The van der Waals surface area contributed by atoms with Gasteiger partial charge >= 0.3 is 6.18 Å². The molecule has 3 rings (SSSR count). The summed E-state index contributed by atoms with van der Waals surface area (Å²) in [6, 6.07) is 16.0. The second-order valence-electron chi connectivity index (χ2n) is 10.1. The minimum atomic E-state index is -4.74. The van der Waals surface area contributed by atoms with Gasteiger partial charge in [-0.25, -0.2) is 8.42 Å². The van der Waals surface area contributed by atoms with E-state index in [4.69, 9.17) is 23.2 Å². The van der Waals surface area contributed by atoms with Crippen LogP contribution in [-0.4, -0.2) is 50.0 Å². The van der Waals surface area contributed by atoms with E-state index in [2.05, 4.69) is 5.32 Å². The van der Waals surface area contributed by atoms with Crippen LogP contribution in [0.4, 0.5) is 18.9 Å². The molecule has 2 amide bonds. The molecule has 0 radical (unpaired) electrons. The number of rotatable bonds is 12. The third-order valence-electron chi connectivity index (χ3n) is 6.75. The summed E-state index contributed by atoms with van der Waals surface area (Å²) in [5, 5.41) is 3.37. The van der Waals surface area contributed by atoms with Crippen LogP contribution in [0.2, 0.25) is 10.0 Å². The van der Waals surface area contributed by atoms with Gasteiger partial charge in [0.1, 0.15) is 12.6 Å². The number of anilines is 1. The molecule has 3 aromatic rings. The molecule has 0 aliphatic carbocycles. The van der Waals surface area contributed by atoms with Crippen LogP contribution in [0.25, 0.3) is 0 Å². The van der Waals surface area contributed by atoms with Crippen molar-refractivity contribution in [2.24, 2.45) is 0 Å². The van der Waals surface area contributed by atoms with Gasteiger partial charge in [0.2, 0.25) is 21.8 Å². The highest BCUT2D eigenvalue weighted by atomic mass is 35.5. The van der Waals surface area contributed by atoms with Crippen LogP contribution in [0.3, 0.4) is 0 Å². The van der Waals surface area contributed by atoms with E-state index in [1.807, 2.05) is 13.8 Å². The van der Waals surface area contributed by atoms with E-state index in [9.17, 15) is 31.2 Å². The average molecular weight is 659 g/mol. The van der Waals surface area contributed by atoms with Crippen LogP contribution in [0, 0.1) is 0 Å². The van der Waals surface area contributed by atoms with Crippen LogP contribution < -0.4 is 9.62 Å². The van der Waals surface area contributed by atoms with E-state index in [0.717, 1.165) is 24.0 Å². The summed E-state index contributed by atoms with van der Waals surface area (Å²) in [5.74, 6) is -1.29. The number of amides is 2. The standard InChI is InChI=1S/C30H32Cl2F3N3O4S/c1-4-20(2)36-29(40)27(16-21-9-6-5-7-10-21)37(18-22-13-14-25(31)26(32)15-22)28(39)19-38(43(3,41)42)24-12-8-11-23(17-24)30(33,34)35/h5-15,17,20,27H,4,16,18-19H2,1-3H3,(H,36,40)/t20-,27-/m0/s1. The Balaban J connectivity index is 2.11. The van der Waals surface area contributed by atoms with E-state index in [0.29, 0.717) is 22.4 Å². The van der Waals surface area contributed by atoms with E-state index in [1.165, 1.54) is 23.1 Å². The summed E-state index contributed by atoms with van der Waals surface area (Å²) in [5.41, 5.74) is -0.184. The quantitative estimate of drug-likeness (QED) is 0.247. The van der Waals surface area contributed by atoms with Gasteiger partial charge in [0, 0.05) is 19.0 Å². The Hall–Kier alpha value is -3.28. The fourth-order valence-corrected chi connectivity index (χ4v) is 5.44. The van der Waals surface area contributed by atoms with Crippen LogP contribution in [0.15, 0.2) is 72.8 Å². The SMILES string of the molecule is CC[C@H](C)NC(=O)[C@H](Cc1ccccc1)N(Cc1ccc(Cl)c(Cl)c1)C(=O)CN(c1cccc(C(F)(F)F)c1)S(C)(=O)=O. The molecule has 7 nitrogen and oxygen atoms in total. The summed E-state index contributed by atoms with van der Waals surface area (Å²) in [7, 11) is -4.24. The Morgan fingerprint density at radius 3 is 2.19 bits per heavy atom. The van der Waals surface area contributed by atoms with Crippen LogP contribution in [0.5, 0.6) is 0 Å². The third-order valence-corrected chi connectivity index (χ3v) is 8.63. The van der Waals surface area contributed by atoms with Crippen molar-refractivity contribution in [1.82, 2.24) is 10.2 Å². The molecule has 0 aliphatic heterocycles. The van der Waals surface area contributed by atoms with Gasteiger partial charge in [0.25, 0.3) is 0 Å². The van der Waals surface area contributed by atoms with Crippen LogP contribution in [-0.2, 0) is 38.8 Å². The van der Waals surface area contributed by atoms with Gasteiger partial charge in [-0.2, -0.15) is 13.2 Å². The lowest BCUT2D eigenvalue weighted by Crippen LogP contribution is -2.54. The molecule has 0 unspecified atom stereocenters. The molecule has 3 aromatic carbocycles. The zero-order valence-electron chi connectivity index (χ0n) is 23.7. The first-order chi connectivity index (χ1) is 20.1. The molecule has 0 aromatic heterocycles. The number of carbonyl (C=O) groups is 2. The smallest absolute Gasteiger partial charge is 0.352 e. The summed E-state index contributed by atoms with van der Waals surface area (Å²) in [4.78, 5) is 29.0. The topological polar surface area (TPSA) is 86.8 Å². The van der Waals surface area contributed by atoms with Crippen LogP contribution in [0.1, 0.15) is 37.0 Å². The highest BCUT2D eigenvalue weighted by Crippen LogP contribution is 2.32. The molecule has 0 spiro atoms. The lowest BCUT2D eigenvalue weighted by molar-refractivity contribution is -0.140. The van der Waals surface area contributed by atoms with Gasteiger partial charge in [0.05, 0.1) is 27.6 Å². The number of halogens is 5. The molecule has 0 saturated heterocycles. The van der Waals surface area contributed by atoms with E-state index < -0.39 is 46.2 Å². The average Bonchev–Trinajstić information content (AvgIpc) is 2.94. The Labute approximate surface area is 259 Å². The molecule has 43 heavy (non-hydrogen) atoms. The van der Waals surface area contributed by atoms with Crippen molar-refractivity contribution in [3.63, 3.8) is 0 Å². The molecule has 0 fully saturated rings. The highest BCUT2D eigenvalue weighted by Gasteiger charge is 2.35. The van der Waals surface area contributed by atoms with Gasteiger partial charge in [-0.1, -0.05) is 72.6 Å². The number of carbonyl (C=O) groups excluding carboxylic acids is 2. The largest absolute Gasteiger partial charge is 0.416 e. The van der Waals surface area contributed by atoms with E-state index in [-0.39, 0.29) is 34.7 Å². The Morgan fingerprint density at radius 1 is 0.930 bits per heavy atom. The normalized spacial score (nSPS) is 13.2. The van der Waals surface area contributed by atoms with Crippen molar-refractivity contribution in [2.75, 3.05) is 17.1 Å². The monoisotopic (exact) mass is 657 g/mol. The number of sulfonamides is 1. The van der Waals surface area contributed by atoms with E-state index >= 15 is 0 Å². The van der Waals surface area contributed by atoms with E-state index in [1.54, 1.807) is 36.4 Å². The predicted molar refractivity (Wildman–Crippen MR) is 162 cm³/mol. The van der Waals surface area contributed by atoms with Crippen molar-refractivity contribution in [2.45, 2.75) is 51.5 Å². The molecule has 0 saturated carbocycles. The lowest BCUT2D eigenvalue weighted by atomic mass is 10.0. The molecule has 1 N–H and O–H groups in total. The number of alkyl halides is 3. The van der Waals surface area contributed by atoms with Gasteiger partial charge in [-0.3, -0.25) is 13.9 Å². The maximum atomic E-state index is 14.1. The number of nitrogens with one attached hydrogen (secondary N) is 1. The van der Waals surface area contributed by atoms with Crippen molar-refractivity contribution in [1.29, 1.82) is 0 Å². The fourth-order valence-electron chi connectivity index (χ4n) is 4.28. The number of hydrogen-bond acceptors (Lipinski definition) is 4. The van der Waals surface area contributed by atoms with Crippen molar-refractivity contribution < 1.29 is 31.2 Å².